The fraction of sp³-hybridized carbons (Fsp3) is 0.875. The molecule has 0 atom stereocenters. The van der Waals surface area contributed by atoms with Gasteiger partial charge in [0.1, 0.15) is 0 Å². The second-order valence-electron chi connectivity index (χ2n) is 3.61. The van der Waals surface area contributed by atoms with Crippen LogP contribution in [0, 0.1) is 0 Å². The maximum atomic E-state index is 11.7. The fourth-order valence-corrected chi connectivity index (χ4v) is 1.31. The van der Waals surface area contributed by atoms with E-state index in [0.717, 1.165) is 13.1 Å². The number of hydrogen-bond donors (Lipinski definition) is 1. The first-order valence-corrected chi connectivity index (χ1v) is 4.68. The largest absolute Gasteiger partial charge is 0.440 e. The van der Waals surface area contributed by atoms with Crippen molar-refractivity contribution in [1.82, 2.24) is 4.90 Å². The van der Waals surface area contributed by atoms with E-state index in [1.807, 2.05) is 7.05 Å². The van der Waals surface area contributed by atoms with Crippen LogP contribution in [0.3, 0.4) is 0 Å². The summed E-state index contributed by atoms with van der Waals surface area (Å²) < 4.78 is 39.4. The SMILES string of the molecule is C[NH+]1CCN(C(=O)OCC(F)(F)F)CC1. The Morgan fingerprint density at radius 3 is 2.40 bits per heavy atom. The molecule has 0 spiro atoms. The molecule has 88 valence electrons. The van der Waals surface area contributed by atoms with Crippen molar-refractivity contribution in [3.63, 3.8) is 0 Å². The van der Waals surface area contributed by atoms with Crippen molar-refractivity contribution in [3.05, 3.63) is 0 Å². The van der Waals surface area contributed by atoms with Gasteiger partial charge in [-0.15, -0.1) is 0 Å². The Hall–Kier alpha value is -0.980. The van der Waals surface area contributed by atoms with E-state index >= 15 is 0 Å². The third-order valence-corrected chi connectivity index (χ3v) is 2.23. The smallest absolute Gasteiger partial charge is 0.422 e. The molecule has 1 saturated heterocycles. The molecule has 0 aromatic rings. The minimum Gasteiger partial charge on any atom is -0.440 e. The molecule has 1 heterocycles. The number of hydrogen-bond acceptors (Lipinski definition) is 2. The summed E-state index contributed by atoms with van der Waals surface area (Å²) in [5.41, 5.74) is 0. The van der Waals surface area contributed by atoms with Crippen molar-refractivity contribution in [3.8, 4) is 0 Å². The molecule has 1 fully saturated rings. The summed E-state index contributed by atoms with van der Waals surface area (Å²) in [6, 6.07) is 0. The number of likely N-dealkylation sites (N-methyl/N-ethyl adjacent to an activating group) is 1. The van der Waals surface area contributed by atoms with Crippen molar-refractivity contribution < 1.29 is 27.6 Å². The Morgan fingerprint density at radius 2 is 1.93 bits per heavy atom. The van der Waals surface area contributed by atoms with Gasteiger partial charge in [0, 0.05) is 0 Å². The number of ether oxygens (including phenoxy) is 1. The lowest BCUT2D eigenvalue weighted by atomic mass is 10.3. The van der Waals surface area contributed by atoms with Crippen molar-refractivity contribution in [1.29, 1.82) is 0 Å². The number of amides is 1. The van der Waals surface area contributed by atoms with Gasteiger partial charge in [0.2, 0.25) is 0 Å². The highest BCUT2D eigenvalue weighted by Crippen LogP contribution is 2.15. The van der Waals surface area contributed by atoms with E-state index in [9.17, 15) is 18.0 Å². The lowest BCUT2D eigenvalue weighted by molar-refractivity contribution is -0.883. The summed E-state index contributed by atoms with van der Waals surface area (Å²) in [6.45, 7) is 0.859. The van der Waals surface area contributed by atoms with Gasteiger partial charge in [0.25, 0.3) is 0 Å². The van der Waals surface area contributed by atoms with E-state index < -0.39 is 18.9 Å². The summed E-state index contributed by atoms with van der Waals surface area (Å²) in [5, 5.41) is 0. The van der Waals surface area contributed by atoms with Gasteiger partial charge in [0.15, 0.2) is 6.61 Å². The molecule has 0 aliphatic carbocycles. The molecule has 1 rings (SSSR count). The average Bonchev–Trinajstić information content (AvgIpc) is 2.14. The van der Waals surface area contributed by atoms with E-state index in [1.165, 1.54) is 9.80 Å². The topological polar surface area (TPSA) is 34.0 Å². The van der Waals surface area contributed by atoms with Gasteiger partial charge >= 0.3 is 12.3 Å². The highest BCUT2D eigenvalue weighted by molar-refractivity contribution is 5.67. The maximum Gasteiger partial charge on any atom is 0.422 e. The summed E-state index contributed by atoms with van der Waals surface area (Å²) in [6.07, 6.45) is -5.33. The number of piperazine rings is 1. The highest BCUT2D eigenvalue weighted by Gasteiger charge is 2.31. The minimum absolute atomic E-state index is 0.447. The molecule has 0 saturated carbocycles. The minimum atomic E-state index is -4.45. The molecule has 0 aromatic carbocycles. The number of quaternary nitrogens is 1. The molecule has 15 heavy (non-hydrogen) atoms. The molecule has 1 amide bonds. The Kier molecular flexibility index (Phi) is 3.78. The first kappa shape index (κ1) is 12.1. The van der Waals surface area contributed by atoms with Crippen LogP contribution in [0.15, 0.2) is 0 Å². The number of carbonyl (C=O) groups is 1. The van der Waals surface area contributed by atoms with Crippen LogP contribution in [0.1, 0.15) is 0 Å². The zero-order chi connectivity index (χ0) is 11.5. The third-order valence-electron chi connectivity index (χ3n) is 2.23. The molecule has 1 aliphatic rings. The Labute approximate surface area is 85.6 Å². The van der Waals surface area contributed by atoms with Crippen LogP contribution in [0.25, 0.3) is 0 Å². The lowest BCUT2D eigenvalue weighted by Gasteiger charge is -2.29. The van der Waals surface area contributed by atoms with Crippen LogP contribution in [0.4, 0.5) is 18.0 Å². The van der Waals surface area contributed by atoms with Gasteiger partial charge < -0.3 is 9.64 Å². The van der Waals surface area contributed by atoms with Gasteiger partial charge in [-0.2, -0.15) is 13.2 Å². The van der Waals surface area contributed by atoms with Gasteiger partial charge in [-0.05, 0) is 0 Å². The zero-order valence-electron chi connectivity index (χ0n) is 8.43. The van der Waals surface area contributed by atoms with Crippen LogP contribution >= 0.6 is 0 Å². The molecule has 7 heteroatoms. The number of carbonyl (C=O) groups excluding carboxylic acids is 1. The predicted octanol–water partition coefficient (Wildman–Crippen LogP) is -0.484. The van der Waals surface area contributed by atoms with E-state index in [4.69, 9.17) is 0 Å². The van der Waals surface area contributed by atoms with Crippen molar-refractivity contribution in [2.75, 3.05) is 39.8 Å². The van der Waals surface area contributed by atoms with Crippen molar-refractivity contribution >= 4 is 6.09 Å². The van der Waals surface area contributed by atoms with Crippen LogP contribution < -0.4 is 4.90 Å². The van der Waals surface area contributed by atoms with E-state index in [1.54, 1.807) is 0 Å². The van der Waals surface area contributed by atoms with Crippen LogP contribution in [-0.4, -0.2) is 57.0 Å². The fourth-order valence-electron chi connectivity index (χ4n) is 1.31. The second-order valence-corrected chi connectivity index (χ2v) is 3.61. The molecular formula is C8H14F3N2O2+. The van der Waals surface area contributed by atoms with Gasteiger partial charge in [-0.3, -0.25) is 4.90 Å². The summed E-state index contributed by atoms with van der Waals surface area (Å²) in [7, 11) is 1.97. The number of rotatable bonds is 1. The maximum absolute atomic E-state index is 11.7. The number of halogens is 3. The molecule has 0 bridgehead atoms. The first-order chi connectivity index (χ1) is 6.88. The number of nitrogens with one attached hydrogen (secondary N) is 1. The van der Waals surface area contributed by atoms with E-state index in [0.29, 0.717) is 13.1 Å². The Morgan fingerprint density at radius 1 is 1.40 bits per heavy atom. The van der Waals surface area contributed by atoms with Crippen LogP contribution in [-0.2, 0) is 4.74 Å². The Balaban J connectivity index is 2.29. The van der Waals surface area contributed by atoms with Crippen molar-refractivity contribution in [2.45, 2.75) is 6.18 Å². The van der Waals surface area contributed by atoms with Gasteiger partial charge in [-0.1, -0.05) is 0 Å². The second kappa shape index (κ2) is 4.69. The molecule has 0 radical (unpaired) electrons. The van der Waals surface area contributed by atoms with Crippen LogP contribution in [0.2, 0.25) is 0 Å². The lowest BCUT2D eigenvalue weighted by Crippen LogP contribution is -3.12. The monoisotopic (exact) mass is 227 g/mol. The quantitative estimate of drug-likeness (QED) is 0.656. The molecule has 1 N–H and O–H groups in total. The average molecular weight is 227 g/mol. The zero-order valence-corrected chi connectivity index (χ0v) is 8.43. The van der Waals surface area contributed by atoms with Gasteiger partial charge in [0.05, 0.1) is 33.2 Å². The third kappa shape index (κ3) is 4.37. The number of nitrogens with zero attached hydrogens (tertiary/aromatic N) is 1. The summed E-state index contributed by atoms with van der Waals surface area (Å²) >= 11 is 0. The molecule has 0 unspecified atom stereocenters. The van der Waals surface area contributed by atoms with E-state index in [2.05, 4.69) is 4.74 Å². The number of alkyl halides is 3. The first-order valence-electron chi connectivity index (χ1n) is 4.68. The molecule has 4 nitrogen and oxygen atoms in total. The summed E-state index contributed by atoms with van der Waals surface area (Å²) in [5.74, 6) is 0. The molecule has 0 aromatic heterocycles. The molecule has 1 aliphatic heterocycles. The normalized spacial score (nSPS) is 19.1. The van der Waals surface area contributed by atoms with Crippen LogP contribution in [0.5, 0.6) is 0 Å². The Bertz CT molecular complexity index is 224. The highest BCUT2D eigenvalue weighted by atomic mass is 19.4. The van der Waals surface area contributed by atoms with E-state index in [-0.39, 0.29) is 0 Å². The standard InChI is InChI=1S/C8H13F3N2O2/c1-12-2-4-13(5-3-12)7(14)15-6-8(9,10)11/h2-6H2,1H3/p+1. The van der Waals surface area contributed by atoms with Crippen molar-refractivity contribution in [2.24, 2.45) is 0 Å². The summed E-state index contributed by atoms with van der Waals surface area (Å²) in [4.78, 5) is 13.7. The van der Waals surface area contributed by atoms with Gasteiger partial charge in [-0.25, -0.2) is 4.79 Å². The molecular weight excluding hydrogens is 213 g/mol. The predicted molar refractivity (Wildman–Crippen MR) is 45.6 cm³/mol.